The number of carbonyl (C=O) groups excluding carboxylic acids is 1. The number of ether oxygens (including phenoxy) is 2. The number of fused-ring (bicyclic) bond motifs is 1. The van der Waals surface area contributed by atoms with Crippen molar-refractivity contribution in [3.8, 4) is 0 Å². The van der Waals surface area contributed by atoms with Crippen LogP contribution < -0.4 is 0 Å². The first-order chi connectivity index (χ1) is 11.2. The van der Waals surface area contributed by atoms with Crippen LogP contribution in [0, 0.1) is 6.92 Å². The van der Waals surface area contributed by atoms with Gasteiger partial charge in [0.25, 0.3) is 5.91 Å². The van der Waals surface area contributed by atoms with Gasteiger partial charge in [0, 0.05) is 12.7 Å². The molecule has 6 nitrogen and oxygen atoms in total. The van der Waals surface area contributed by atoms with Crippen LogP contribution in [0.2, 0.25) is 0 Å². The maximum absolute atomic E-state index is 12.6. The van der Waals surface area contributed by atoms with Crippen LogP contribution in [-0.2, 0) is 9.47 Å². The molecule has 0 bridgehead atoms. The smallest absolute Gasteiger partial charge is 0.274 e. The molecule has 0 spiro atoms. The average Bonchev–Trinajstić information content (AvgIpc) is 2.98. The van der Waals surface area contributed by atoms with Gasteiger partial charge < -0.3 is 14.4 Å². The molecule has 1 aromatic heterocycles. The van der Waals surface area contributed by atoms with Crippen molar-refractivity contribution in [1.29, 1.82) is 0 Å². The minimum Gasteiger partial charge on any atom is -0.375 e. The van der Waals surface area contributed by atoms with Crippen molar-refractivity contribution in [1.82, 2.24) is 14.9 Å². The molecule has 23 heavy (non-hydrogen) atoms. The molecule has 0 radical (unpaired) electrons. The van der Waals surface area contributed by atoms with Gasteiger partial charge in [-0.3, -0.25) is 9.78 Å². The molecule has 0 unspecified atom stereocenters. The lowest BCUT2D eigenvalue weighted by Crippen LogP contribution is -2.46. The number of aromatic nitrogens is 2. The monoisotopic (exact) mass is 317 g/mol. The first kappa shape index (κ1) is 16.1. The second kappa shape index (κ2) is 7.19. The Morgan fingerprint density at radius 3 is 3.04 bits per heavy atom. The maximum atomic E-state index is 12.6. The second-order valence-corrected chi connectivity index (χ2v) is 6.10. The number of carbonyl (C=O) groups is 1. The van der Waals surface area contributed by atoms with Crippen molar-refractivity contribution < 1.29 is 14.3 Å². The van der Waals surface area contributed by atoms with Crippen molar-refractivity contribution in [3.63, 3.8) is 0 Å². The Bertz CT molecular complexity index is 561. The molecular weight excluding hydrogens is 294 g/mol. The molecule has 2 saturated heterocycles. The Balaban J connectivity index is 1.59. The summed E-state index contributed by atoms with van der Waals surface area (Å²) in [5.41, 5.74) is 1.22. The van der Waals surface area contributed by atoms with Crippen molar-refractivity contribution in [2.45, 2.75) is 44.4 Å². The summed E-state index contributed by atoms with van der Waals surface area (Å²) in [6.07, 6.45) is 7.86. The third-order valence-electron chi connectivity index (χ3n) is 4.44. The fourth-order valence-electron chi connectivity index (χ4n) is 3.31. The zero-order chi connectivity index (χ0) is 16.2. The lowest BCUT2D eigenvalue weighted by atomic mass is 9.99. The van der Waals surface area contributed by atoms with Gasteiger partial charge in [0.15, 0.2) is 0 Å². The van der Waals surface area contributed by atoms with Gasteiger partial charge in [-0.15, -0.1) is 6.58 Å². The molecule has 0 N–H and O–H groups in total. The first-order valence-corrected chi connectivity index (χ1v) is 8.12. The number of likely N-dealkylation sites (tertiary alicyclic amines) is 1. The molecule has 0 saturated carbocycles. The van der Waals surface area contributed by atoms with E-state index in [-0.39, 0.29) is 24.2 Å². The van der Waals surface area contributed by atoms with E-state index in [1.807, 2.05) is 11.8 Å². The van der Waals surface area contributed by atoms with Crippen LogP contribution in [-0.4, -0.2) is 58.8 Å². The highest BCUT2D eigenvalue weighted by Crippen LogP contribution is 2.32. The summed E-state index contributed by atoms with van der Waals surface area (Å²) >= 11 is 0. The van der Waals surface area contributed by atoms with E-state index in [4.69, 9.17) is 9.47 Å². The topological polar surface area (TPSA) is 64.5 Å². The van der Waals surface area contributed by atoms with Crippen molar-refractivity contribution in [2.75, 3.05) is 19.8 Å². The number of nitrogens with zero attached hydrogens (tertiary/aromatic N) is 3. The lowest BCUT2D eigenvalue weighted by Gasteiger charge is -2.35. The van der Waals surface area contributed by atoms with E-state index in [1.54, 1.807) is 18.5 Å². The molecule has 2 aliphatic heterocycles. The minimum atomic E-state index is -0.0463. The van der Waals surface area contributed by atoms with Crippen LogP contribution in [0.1, 0.15) is 35.4 Å². The maximum Gasteiger partial charge on any atom is 0.274 e. The Labute approximate surface area is 136 Å². The molecule has 124 valence electrons. The molecule has 3 heterocycles. The molecule has 3 rings (SSSR count). The molecule has 6 heteroatoms. The highest BCUT2D eigenvalue weighted by Gasteiger charge is 2.42. The van der Waals surface area contributed by atoms with E-state index in [9.17, 15) is 4.79 Å². The van der Waals surface area contributed by atoms with Crippen molar-refractivity contribution in [2.24, 2.45) is 0 Å². The minimum absolute atomic E-state index is 0.0463. The van der Waals surface area contributed by atoms with Crippen LogP contribution in [0.5, 0.6) is 0 Å². The van der Waals surface area contributed by atoms with Gasteiger partial charge >= 0.3 is 0 Å². The fraction of sp³-hybridized carbons (Fsp3) is 0.588. The highest BCUT2D eigenvalue weighted by atomic mass is 16.5. The number of rotatable bonds is 5. The third-order valence-corrected chi connectivity index (χ3v) is 4.44. The predicted octanol–water partition coefficient (Wildman–Crippen LogP) is 1.75. The Kier molecular flexibility index (Phi) is 5.03. The third kappa shape index (κ3) is 3.59. The first-order valence-electron chi connectivity index (χ1n) is 8.12. The zero-order valence-corrected chi connectivity index (χ0v) is 13.5. The summed E-state index contributed by atoms with van der Waals surface area (Å²) < 4.78 is 11.6. The van der Waals surface area contributed by atoms with Gasteiger partial charge in [-0.1, -0.05) is 6.08 Å². The standard InChI is InChI=1S/C17H23N3O3/c1-3-8-22-11-13-4-5-15-16(23-13)6-7-20(15)17(21)14-10-18-12(2)9-19-14/h3,9-10,13,15-16H,1,4-8,11H2,2H3/t13-,15-,16-/m0/s1. The number of hydrogen-bond acceptors (Lipinski definition) is 5. The van der Waals surface area contributed by atoms with Crippen LogP contribution in [0.3, 0.4) is 0 Å². The Hall–Kier alpha value is -1.79. The van der Waals surface area contributed by atoms with Crippen molar-refractivity contribution >= 4 is 5.91 Å². The van der Waals surface area contributed by atoms with E-state index in [0.717, 1.165) is 25.0 Å². The predicted molar refractivity (Wildman–Crippen MR) is 85.1 cm³/mol. The molecule has 0 aliphatic carbocycles. The van der Waals surface area contributed by atoms with Gasteiger partial charge in [0.1, 0.15) is 5.69 Å². The summed E-state index contributed by atoms with van der Waals surface area (Å²) in [5.74, 6) is -0.0463. The van der Waals surface area contributed by atoms with Crippen LogP contribution in [0.25, 0.3) is 0 Å². The zero-order valence-electron chi connectivity index (χ0n) is 13.5. The van der Waals surface area contributed by atoms with E-state index in [1.165, 1.54) is 0 Å². The summed E-state index contributed by atoms with van der Waals surface area (Å²) in [5, 5.41) is 0. The van der Waals surface area contributed by atoms with Gasteiger partial charge in [0.05, 0.1) is 43.4 Å². The van der Waals surface area contributed by atoms with E-state index >= 15 is 0 Å². The number of aryl methyl sites for hydroxylation is 1. The fourth-order valence-corrected chi connectivity index (χ4v) is 3.31. The van der Waals surface area contributed by atoms with E-state index < -0.39 is 0 Å². The molecule has 1 amide bonds. The summed E-state index contributed by atoms with van der Waals surface area (Å²) in [7, 11) is 0. The van der Waals surface area contributed by atoms with E-state index in [2.05, 4.69) is 16.5 Å². The average molecular weight is 317 g/mol. The summed E-state index contributed by atoms with van der Waals surface area (Å²) in [4.78, 5) is 22.9. The van der Waals surface area contributed by atoms with E-state index in [0.29, 0.717) is 25.5 Å². The SMILES string of the molecule is C=CCOC[C@@H]1CC[C@H]2[C@H](CCN2C(=O)c2cnc(C)cn2)O1. The molecule has 1 aromatic rings. The Morgan fingerprint density at radius 2 is 2.30 bits per heavy atom. The molecule has 3 atom stereocenters. The van der Waals surface area contributed by atoms with Gasteiger partial charge in [-0.05, 0) is 26.2 Å². The largest absolute Gasteiger partial charge is 0.375 e. The molecule has 0 aromatic carbocycles. The normalized spacial score (nSPS) is 26.8. The molecule has 2 aliphatic rings. The Morgan fingerprint density at radius 1 is 1.43 bits per heavy atom. The quantitative estimate of drug-likeness (QED) is 0.611. The number of amides is 1. The van der Waals surface area contributed by atoms with Crippen LogP contribution in [0.4, 0.5) is 0 Å². The summed E-state index contributed by atoms with van der Waals surface area (Å²) in [6, 6.07) is 0.140. The molecular formula is C17H23N3O3. The second-order valence-electron chi connectivity index (χ2n) is 6.10. The van der Waals surface area contributed by atoms with Gasteiger partial charge in [-0.2, -0.15) is 0 Å². The summed E-state index contributed by atoms with van der Waals surface area (Å²) in [6.45, 7) is 7.35. The van der Waals surface area contributed by atoms with Crippen LogP contribution >= 0.6 is 0 Å². The van der Waals surface area contributed by atoms with Gasteiger partial charge in [-0.25, -0.2) is 4.98 Å². The number of hydrogen-bond donors (Lipinski definition) is 0. The van der Waals surface area contributed by atoms with Crippen molar-refractivity contribution in [3.05, 3.63) is 36.4 Å². The highest BCUT2D eigenvalue weighted by molar-refractivity contribution is 5.92. The van der Waals surface area contributed by atoms with Crippen LogP contribution in [0.15, 0.2) is 25.0 Å². The van der Waals surface area contributed by atoms with Gasteiger partial charge in [0.2, 0.25) is 0 Å². The molecule has 2 fully saturated rings. The lowest BCUT2D eigenvalue weighted by molar-refractivity contribution is -0.0937.